The second kappa shape index (κ2) is 11.4. The highest BCUT2D eigenvalue weighted by Crippen LogP contribution is 2.32. The SMILES string of the molecule is CC(=O)N1CCc2nc(C)n(C3CCN(C(C)C[C@H](NC(=O)OC(C)(C)C)c4cccc(F)c4)CC3)c2C1. The number of imidazole rings is 1. The van der Waals surface area contributed by atoms with Crippen LogP contribution in [-0.2, 0) is 22.5 Å². The van der Waals surface area contributed by atoms with E-state index in [-0.39, 0.29) is 23.8 Å². The van der Waals surface area contributed by atoms with E-state index in [0.717, 1.165) is 56.0 Å². The molecular weight excluding hydrogens is 485 g/mol. The third-order valence-electron chi connectivity index (χ3n) is 7.68. The molecule has 2 atom stereocenters. The Morgan fingerprint density at radius 3 is 2.55 bits per heavy atom. The zero-order valence-electron chi connectivity index (χ0n) is 23.6. The third kappa shape index (κ3) is 6.73. The van der Waals surface area contributed by atoms with Crippen molar-refractivity contribution < 1.29 is 18.7 Å². The van der Waals surface area contributed by atoms with Crippen LogP contribution in [0, 0.1) is 12.7 Å². The smallest absolute Gasteiger partial charge is 0.408 e. The molecule has 1 fully saturated rings. The van der Waals surface area contributed by atoms with Crippen LogP contribution >= 0.6 is 0 Å². The van der Waals surface area contributed by atoms with E-state index in [9.17, 15) is 14.0 Å². The lowest BCUT2D eigenvalue weighted by Crippen LogP contribution is -2.44. The van der Waals surface area contributed by atoms with E-state index in [4.69, 9.17) is 9.72 Å². The maximum atomic E-state index is 14.0. The van der Waals surface area contributed by atoms with Crippen LogP contribution in [0.4, 0.5) is 9.18 Å². The predicted octanol–water partition coefficient (Wildman–Crippen LogP) is 4.92. The molecule has 0 bridgehead atoms. The number of fused-ring (bicyclic) bond motifs is 1. The Kier molecular flexibility index (Phi) is 8.45. The summed E-state index contributed by atoms with van der Waals surface area (Å²) in [4.78, 5) is 33.8. The van der Waals surface area contributed by atoms with E-state index in [1.54, 1.807) is 13.0 Å². The molecule has 38 heavy (non-hydrogen) atoms. The maximum absolute atomic E-state index is 14.0. The normalized spacial score (nSPS) is 18.6. The number of rotatable bonds is 6. The van der Waals surface area contributed by atoms with Crippen LogP contribution in [0.3, 0.4) is 0 Å². The molecule has 8 nitrogen and oxygen atoms in total. The van der Waals surface area contributed by atoms with Gasteiger partial charge in [-0.05, 0) is 71.6 Å². The van der Waals surface area contributed by atoms with Crippen molar-refractivity contribution in [3.8, 4) is 0 Å². The van der Waals surface area contributed by atoms with Gasteiger partial charge < -0.3 is 24.4 Å². The minimum Gasteiger partial charge on any atom is -0.444 e. The van der Waals surface area contributed by atoms with Crippen molar-refractivity contribution in [1.82, 2.24) is 24.7 Å². The van der Waals surface area contributed by atoms with Crippen LogP contribution in [0.2, 0.25) is 0 Å². The highest BCUT2D eigenvalue weighted by molar-refractivity contribution is 5.73. The Balaban J connectivity index is 1.42. The van der Waals surface area contributed by atoms with E-state index in [1.807, 2.05) is 31.7 Å². The lowest BCUT2D eigenvalue weighted by atomic mass is 9.96. The van der Waals surface area contributed by atoms with Crippen molar-refractivity contribution in [3.63, 3.8) is 0 Å². The number of likely N-dealkylation sites (tertiary alicyclic amines) is 1. The number of hydrogen-bond acceptors (Lipinski definition) is 5. The van der Waals surface area contributed by atoms with Crippen molar-refractivity contribution >= 4 is 12.0 Å². The van der Waals surface area contributed by atoms with E-state index < -0.39 is 11.7 Å². The summed E-state index contributed by atoms with van der Waals surface area (Å²) in [6, 6.07) is 6.57. The van der Waals surface area contributed by atoms with Crippen molar-refractivity contribution in [3.05, 3.63) is 52.9 Å². The first-order valence-electron chi connectivity index (χ1n) is 13.7. The van der Waals surface area contributed by atoms with Crippen LogP contribution < -0.4 is 5.32 Å². The number of hydrogen-bond donors (Lipinski definition) is 1. The predicted molar refractivity (Wildman–Crippen MR) is 144 cm³/mol. The molecule has 0 spiro atoms. The number of aryl methyl sites for hydroxylation is 1. The Labute approximate surface area is 225 Å². The maximum Gasteiger partial charge on any atom is 0.408 e. The highest BCUT2D eigenvalue weighted by Gasteiger charge is 2.31. The molecule has 2 aliphatic rings. The van der Waals surface area contributed by atoms with Gasteiger partial charge in [0.2, 0.25) is 5.91 Å². The van der Waals surface area contributed by atoms with Crippen LogP contribution in [0.25, 0.3) is 0 Å². The Hall–Kier alpha value is -2.94. The van der Waals surface area contributed by atoms with Crippen LogP contribution in [0.15, 0.2) is 24.3 Å². The molecule has 2 amide bonds. The number of nitrogens with zero attached hydrogens (tertiary/aromatic N) is 4. The fourth-order valence-corrected chi connectivity index (χ4v) is 5.80. The van der Waals surface area contributed by atoms with Gasteiger partial charge in [-0.1, -0.05) is 12.1 Å². The van der Waals surface area contributed by atoms with E-state index in [0.29, 0.717) is 19.0 Å². The molecule has 2 aliphatic heterocycles. The summed E-state index contributed by atoms with van der Waals surface area (Å²) < 4.78 is 21.9. The molecule has 3 heterocycles. The lowest BCUT2D eigenvalue weighted by molar-refractivity contribution is -0.129. The van der Waals surface area contributed by atoms with Gasteiger partial charge in [0.1, 0.15) is 17.2 Å². The molecule has 0 radical (unpaired) electrons. The summed E-state index contributed by atoms with van der Waals surface area (Å²) >= 11 is 0. The largest absolute Gasteiger partial charge is 0.444 e. The number of halogens is 1. The van der Waals surface area contributed by atoms with Gasteiger partial charge in [-0.25, -0.2) is 14.2 Å². The molecule has 2 aromatic rings. The minimum atomic E-state index is -0.615. The number of nitrogens with one attached hydrogen (secondary N) is 1. The van der Waals surface area contributed by atoms with Gasteiger partial charge in [-0.2, -0.15) is 0 Å². The van der Waals surface area contributed by atoms with Gasteiger partial charge in [0.25, 0.3) is 0 Å². The summed E-state index contributed by atoms with van der Waals surface area (Å²) in [7, 11) is 0. The molecule has 4 rings (SSSR count). The fourth-order valence-electron chi connectivity index (χ4n) is 5.80. The number of piperidine rings is 1. The van der Waals surface area contributed by atoms with Crippen LogP contribution in [-0.4, -0.2) is 62.6 Å². The van der Waals surface area contributed by atoms with Crippen molar-refractivity contribution in [2.75, 3.05) is 19.6 Å². The van der Waals surface area contributed by atoms with Gasteiger partial charge in [-0.3, -0.25) is 4.79 Å². The van der Waals surface area contributed by atoms with E-state index in [2.05, 4.69) is 28.6 Å². The minimum absolute atomic E-state index is 0.109. The number of alkyl carbamates (subject to hydrolysis) is 1. The number of benzene rings is 1. The average molecular weight is 528 g/mol. The summed E-state index contributed by atoms with van der Waals surface area (Å²) in [5, 5.41) is 2.97. The Morgan fingerprint density at radius 2 is 1.92 bits per heavy atom. The molecule has 9 heteroatoms. The molecular formula is C29H42FN5O3. The molecule has 1 aromatic heterocycles. The van der Waals surface area contributed by atoms with Gasteiger partial charge >= 0.3 is 6.09 Å². The second-order valence-corrected chi connectivity index (χ2v) is 11.7. The molecule has 0 saturated carbocycles. The number of carbonyl (C=O) groups excluding carboxylic acids is 2. The average Bonchev–Trinajstić information content (AvgIpc) is 3.17. The first-order chi connectivity index (χ1) is 17.9. The van der Waals surface area contributed by atoms with Crippen molar-refractivity contribution in [2.24, 2.45) is 0 Å². The van der Waals surface area contributed by atoms with E-state index in [1.165, 1.54) is 17.8 Å². The first-order valence-corrected chi connectivity index (χ1v) is 13.7. The zero-order chi connectivity index (χ0) is 27.6. The van der Waals surface area contributed by atoms with Gasteiger partial charge in [0, 0.05) is 45.1 Å². The topological polar surface area (TPSA) is 79.7 Å². The molecule has 0 aliphatic carbocycles. The lowest BCUT2D eigenvalue weighted by Gasteiger charge is -2.39. The molecule has 1 saturated heterocycles. The first kappa shape index (κ1) is 28.1. The third-order valence-corrected chi connectivity index (χ3v) is 7.68. The highest BCUT2D eigenvalue weighted by atomic mass is 19.1. The number of aromatic nitrogens is 2. The number of carbonyl (C=O) groups is 2. The van der Waals surface area contributed by atoms with Crippen molar-refractivity contribution in [2.45, 2.75) is 97.5 Å². The van der Waals surface area contributed by atoms with Crippen molar-refractivity contribution in [1.29, 1.82) is 0 Å². The van der Waals surface area contributed by atoms with Crippen LogP contribution in [0.1, 0.15) is 88.7 Å². The van der Waals surface area contributed by atoms with Crippen LogP contribution in [0.5, 0.6) is 0 Å². The molecule has 208 valence electrons. The van der Waals surface area contributed by atoms with E-state index >= 15 is 0 Å². The fraction of sp³-hybridized carbons (Fsp3) is 0.621. The Bertz CT molecular complexity index is 1150. The number of amides is 2. The monoisotopic (exact) mass is 527 g/mol. The Morgan fingerprint density at radius 1 is 1.21 bits per heavy atom. The van der Waals surface area contributed by atoms with Gasteiger partial charge in [0.15, 0.2) is 0 Å². The van der Waals surface area contributed by atoms with Gasteiger partial charge in [-0.15, -0.1) is 0 Å². The summed E-state index contributed by atoms with van der Waals surface area (Å²) in [6.07, 6.45) is 2.92. The summed E-state index contributed by atoms with van der Waals surface area (Å²) in [6.45, 7) is 14.5. The second-order valence-electron chi connectivity index (χ2n) is 11.7. The summed E-state index contributed by atoms with van der Waals surface area (Å²) in [5.74, 6) is 0.812. The number of ether oxygens (including phenoxy) is 1. The summed E-state index contributed by atoms with van der Waals surface area (Å²) in [5.41, 5.74) is 2.43. The molecule has 1 unspecified atom stereocenters. The molecule has 1 N–H and O–H groups in total. The molecule has 1 aromatic carbocycles. The van der Waals surface area contributed by atoms with Gasteiger partial charge in [0.05, 0.1) is 24.0 Å². The quantitative estimate of drug-likeness (QED) is 0.577. The zero-order valence-corrected chi connectivity index (χ0v) is 23.6. The standard InChI is InChI=1S/C29H42FN5O3/c1-19(16-26(22-8-7-9-23(30)17-22)32-28(37)38-29(4,5)6)33-13-10-24(11-14-33)35-20(2)31-25-12-15-34(21(3)36)18-27(25)35/h7-9,17,19,24,26H,10-16,18H2,1-6H3,(H,32,37)/t19?,26-/m0/s1.